The molecule has 0 unspecified atom stereocenters. The van der Waals surface area contributed by atoms with Crippen LogP contribution in [-0.4, -0.2) is 18.4 Å². The molecule has 1 fully saturated rings. The molecule has 1 N–H and O–H groups in total. The monoisotopic (exact) mass is 390 g/mol. The lowest BCUT2D eigenvalue weighted by Gasteiger charge is -2.27. The van der Waals surface area contributed by atoms with Crippen molar-refractivity contribution in [2.75, 3.05) is 11.4 Å². The lowest BCUT2D eigenvalue weighted by atomic mass is 10.0. The number of carbonyl (C=O) groups is 2. The zero-order valence-electron chi connectivity index (χ0n) is 17.0. The molecule has 1 aliphatic heterocycles. The van der Waals surface area contributed by atoms with Gasteiger partial charge in [-0.1, -0.05) is 24.3 Å². The van der Waals surface area contributed by atoms with Gasteiger partial charge >= 0.3 is 0 Å². The summed E-state index contributed by atoms with van der Waals surface area (Å²) >= 11 is 0. The molecule has 5 nitrogen and oxygen atoms in total. The van der Waals surface area contributed by atoms with Crippen LogP contribution in [0, 0.1) is 13.8 Å². The van der Waals surface area contributed by atoms with Crippen LogP contribution in [0.5, 0.6) is 0 Å². The molecule has 5 heteroatoms. The first-order chi connectivity index (χ1) is 14.0. The van der Waals surface area contributed by atoms with Gasteiger partial charge in [-0.15, -0.1) is 0 Å². The lowest BCUT2D eigenvalue weighted by Crippen LogP contribution is -2.35. The Morgan fingerprint density at radius 2 is 2.03 bits per heavy atom. The van der Waals surface area contributed by atoms with Gasteiger partial charge in [0.05, 0.1) is 12.7 Å². The number of benzene rings is 2. The molecule has 0 spiro atoms. The van der Waals surface area contributed by atoms with E-state index in [0.29, 0.717) is 13.0 Å². The number of nitrogens with zero attached hydrogens (tertiary/aromatic N) is 1. The van der Waals surface area contributed by atoms with Gasteiger partial charge in [-0.25, -0.2) is 0 Å². The number of nitrogens with one attached hydrogen (secondary N) is 1. The molecule has 29 heavy (non-hydrogen) atoms. The van der Waals surface area contributed by atoms with Crippen molar-refractivity contribution in [3.63, 3.8) is 0 Å². The number of carbonyl (C=O) groups excluding carboxylic acids is 2. The van der Waals surface area contributed by atoms with Gasteiger partial charge < -0.3 is 14.6 Å². The fourth-order valence-corrected chi connectivity index (χ4v) is 3.87. The fourth-order valence-electron chi connectivity index (χ4n) is 3.87. The first kappa shape index (κ1) is 19.2. The molecule has 4 rings (SSSR count). The maximum atomic E-state index is 12.5. The summed E-state index contributed by atoms with van der Waals surface area (Å²) in [5, 5.41) is 3.98. The van der Waals surface area contributed by atoms with E-state index in [1.54, 1.807) is 6.26 Å². The van der Waals surface area contributed by atoms with E-state index < -0.39 is 0 Å². The highest BCUT2D eigenvalue weighted by atomic mass is 16.3. The van der Waals surface area contributed by atoms with Crippen molar-refractivity contribution in [1.29, 1.82) is 0 Å². The SMILES string of the molecule is Cc1ccc2c(CC(=O)NCc3cccc(N4CCCCC4=O)c3)coc2c1C. The highest BCUT2D eigenvalue weighted by molar-refractivity contribution is 5.94. The van der Waals surface area contributed by atoms with Gasteiger partial charge in [0.15, 0.2) is 0 Å². The first-order valence-electron chi connectivity index (χ1n) is 10.2. The van der Waals surface area contributed by atoms with Crippen LogP contribution in [0.2, 0.25) is 0 Å². The van der Waals surface area contributed by atoms with Crippen molar-refractivity contribution in [1.82, 2.24) is 5.32 Å². The molecule has 2 aromatic carbocycles. The number of amides is 2. The quantitative estimate of drug-likeness (QED) is 0.701. The number of rotatable bonds is 5. The number of fused-ring (bicyclic) bond motifs is 1. The molecule has 2 amide bonds. The Morgan fingerprint density at radius 1 is 1.17 bits per heavy atom. The number of aryl methyl sites for hydroxylation is 2. The van der Waals surface area contributed by atoms with Crippen LogP contribution in [-0.2, 0) is 22.6 Å². The summed E-state index contributed by atoms with van der Waals surface area (Å²) in [5.74, 6) is 0.125. The zero-order valence-corrected chi connectivity index (χ0v) is 17.0. The van der Waals surface area contributed by atoms with E-state index in [9.17, 15) is 9.59 Å². The van der Waals surface area contributed by atoms with Crippen LogP contribution >= 0.6 is 0 Å². The second-order valence-electron chi connectivity index (χ2n) is 7.77. The standard InChI is InChI=1S/C24H26N2O3/c1-16-9-10-21-19(15-29-24(21)17(16)2)13-22(27)25-14-18-6-5-7-20(12-18)26-11-4-3-8-23(26)28/h5-7,9-10,12,15H,3-4,8,11,13-14H2,1-2H3,(H,25,27). The number of anilines is 1. The topological polar surface area (TPSA) is 62.6 Å². The summed E-state index contributed by atoms with van der Waals surface area (Å²) in [6.07, 6.45) is 4.56. The minimum atomic E-state index is -0.0506. The molecule has 1 aliphatic rings. The average Bonchev–Trinajstić information content (AvgIpc) is 3.13. The van der Waals surface area contributed by atoms with E-state index in [-0.39, 0.29) is 18.2 Å². The number of hydrogen-bond donors (Lipinski definition) is 1. The molecule has 1 saturated heterocycles. The summed E-state index contributed by atoms with van der Waals surface area (Å²) in [7, 11) is 0. The van der Waals surface area contributed by atoms with Crippen molar-refractivity contribution < 1.29 is 14.0 Å². The second-order valence-corrected chi connectivity index (χ2v) is 7.77. The van der Waals surface area contributed by atoms with Crippen molar-refractivity contribution in [2.24, 2.45) is 0 Å². The van der Waals surface area contributed by atoms with Crippen LogP contribution < -0.4 is 10.2 Å². The number of hydrogen-bond acceptors (Lipinski definition) is 3. The Balaban J connectivity index is 1.41. The van der Waals surface area contributed by atoms with Gasteiger partial charge in [-0.2, -0.15) is 0 Å². The van der Waals surface area contributed by atoms with Crippen LogP contribution in [0.3, 0.4) is 0 Å². The van der Waals surface area contributed by atoms with Crippen molar-refractivity contribution >= 4 is 28.5 Å². The van der Waals surface area contributed by atoms with Gasteiger partial charge in [0.2, 0.25) is 11.8 Å². The molecule has 3 aromatic rings. The van der Waals surface area contributed by atoms with E-state index in [1.165, 1.54) is 5.56 Å². The predicted molar refractivity (Wildman–Crippen MR) is 114 cm³/mol. The Morgan fingerprint density at radius 3 is 2.86 bits per heavy atom. The lowest BCUT2D eigenvalue weighted by molar-refractivity contribution is -0.121. The molecule has 1 aromatic heterocycles. The van der Waals surface area contributed by atoms with E-state index >= 15 is 0 Å². The molecular weight excluding hydrogens is 364 g/mol. The smallest absolute Gasteiger partial charge is 0.226 e. The van der Waals surface area contributed by atoms with Gasteiger partial charge in [0, 0.05) is 36.1 Å². The van der Waals surface area contributed by atoms with Gasteiger partial charge in [-0.3, -0.25) is 9.59 Å². The van der Waals surface area contributed by atoms with Crippen molar-refractivity contribution in [2.45, 2.75) is 46.1 Å². The number of piperidine rings is 1. The maximum Gasteiger partial charge on any atom is 0.226 e. The second kappa shape index (κ2) is 8.11. The Bertz CT molecular complexity index is 1070. The molecule has 0 atom stereocenters. The van der Waals surface area contributed by atoms with E-state index in [2.05, 4.69) is 18.3 Å². The summed E-state index contributed by atoms with van der Waals surface area (Å²) in [4.78, 5) is 26.5. The minimum Gasteiger partial charge on any atom is -0.464 e. The normalized spacial score (nSPS) is 14.4. The highest BCUT2D eigenvalue weighted by Crippen LogP contribution is 2.27. The first-order valence-corrected chi connectivity index (χ1v) is 10.2. The van der Waals surface area contributed by atoms with E-state index in [1.807, 2.05) is 42.2 Å². The Hall–Kier alpha value is -3.08. The van der Waals surface area contributed by atoms with Gasteiger partial charge in [0.1, 0.15) is 5.58 Å². The fraction of sp³-hybridized carbons (Fsp3) is 0.333. The van der Waals surface area contributed by atoms with E-state index in [0.717, 1.165) is 52.7 Å². The largest absolute Gasteiger partial charge is 0.464 e. The maximum absolute atomic E-state index is 12.5. The Kier molecular flexibility index (Phi) is 5.38. The predicted octanol–water partition coefficient (Wildman–Crippen LogP) is 4.43. The molecular formula is C24H26N2O3. The molecule has 0 saturated carbocycles. The van der Waals surface area contributed by atoms with Crippen molar-refractivity contribution in [3.8, 4) is 0 Å². The third kappa shape index (κ3) is 4.04. The molecule has 150 valence electrons. The zero-order chi connectivity index (χ0) is 20.4. The van der Waals surface area contributed by atoms with Crippen LogP contribution in [0.4, 0.5) is 5.69 Å². The molecule has 0 bridgehead atoms. The highest BCUT2D eigenvalue weighted by Gasteiger charge is 2.19. The van der Waals surface area contributed by atoms with Crippen LogP contribution in [0.1, 0.15) is 41.5 Å². The number of furan rings is 1. The molecule has 2 heterocycles. The third-order valence-corrected chi connectivity index (χ3v) is 5.73. The van der Waals surface area contributed by atoms with E-state index in [4.69, 9.17) is 4.42 Å². The minimum absolute atomic E-state index is 0.0506. The van der Waals surface area contributed by atoms with Crippen LogP contribution in [0.25, 0.3) is 11.0 Å². The van der Waals surface area contributed by atoms with Crippen LogP contribution in [0.15, 0.2) is 47.1 Å². The van der Waals surface area contributed by atoms with Gasteiger partial charge in [0.25, 0.3) is 0 Å². The third-order valence-electron chi connectivity index (χ3n) is 5.73. The summed E-state index contributed by atoms with van der Waals surface area (Å²) in [6, 6.07) is 11.9. The van der Waals surface area contributed by atoms with Crippen molar-refractivity contribution in [3.05, 3.63) is 64.9 Å². The summed E-state index contributed by atoms with van der Waals surface area (Å²) in [5.41, 5.74) is 5.93. The average molecular weight is 390 g/mol. The molecule has 0 aliphatic carbocycles. The summed E-state index contributed by atoms with van der Waals surface area (Å²) in [6.45, 7) is 5.28. The summed E-state index contributed by atoms with van der Waals surface area (Å²) < 4.78 is 5.70. The molecule has 0 radical (unpaired) electrons. The Labute approximate surface area is 170 Å². The van der Waals surface area contributed by atoms with Gasteiger partial charge in [-0.05, 0) is 55.5 Å².